The zero-order valence-corrected chi connectivity index (χ0v) is 14.3. The highest BCUT2D eigenvalue weighted by Crippen LogP contribution is 2.17. The Morgan fingerprint density at radius 1 is 1.22 bits per heavy atom. The summed E-state index contributed by atoms with van der Waals surface area (Å²) in [5, 5.41) is 5.29. The second-order valence-electron chi connectivity index (χ2n) is 6.33. The summed E-state index contributed by atoms with van der Waals surface area (Å²) < 4.78 is 5.19. The minimum Gasteiger partial charge on any atom is -0.462 e. The van der Waals surface area contributed by atoms with Crippen molar-refractivity contribution in [1.29, 1.82) is 0 Å². The van der Waals surface area contributed by atoms with Gasteiger partial charge in [0.15, 0.2) is 0 Å². The predicted octanol–water partition coefficient (Wildman–Crippen LogP) is 4.32. The number of amides is 2. The van der Waals surface area contributed by atoms with Gasteiger partial charge >= 0.3 is 12.0 Å². The van der Waals surface area contributed by atoms with Gasteiger partial charge in [-0.15, -0.1) is 0 Å². The number of para-hydroxylation sites is 1. The number of benzene rings is 1. The maximum atomic E-state index is 12.1. The molecule has 23 heavy (non-hydrogen) atoms. The molecule has 0 radical (unpaired) electrons. The first kappa shape index (κ1) is 18.7. The van der Waals surface area contributed by atoms with Gasteiger partial charge < -0.3 is 15.4 Å². The Bertz CT molecular complexity index is 560. The van der Waals surface area contributed by atoms with E-state index in [0.29, 0.717) is 17.9 Å². The molecule has 0 aliphatic rings. The first-order chi connectivity index (χ1) is 10.8. The van der Waals surface area contributed by atoms with Gasteiger partial charge in [-0.05, 0) is 24.0 Å². The van der Waals surface area contributed by atoms with Gasteiger partial charge in [-0.3, -0.25) is 0 Å². The van der Waals surface area contributed by atoms with Crippen LogP contribution in [-0.2, 0) is 4.74 Å². The number of hydrogen-bond acceptors (Lipinski definition) is 3. The lowest BCUT2D eigenvalue weighted by molar-refractivity contribution is 0.0501. The van der Waals surface area contributed by atoms with E-state index in [0.717, 1.165) is 12.8 Å². The smallest absolute Gasteiger partial charge is 0.340 e. The minimum absolute atomic E-state index is 0.0196. The number of anilines is 1. The summed E-state index contributed by atoms with van der Waals surface area (Å²) in [5.41, 5.74) is 0.753. The molecule has 0 saturated carbocycles. The van der Waals surface area contributed by atoms with Crippen molar-refractivity contribution in [3.8, 4) is 0 Å². The Morgan fingerprint density at radius 3 is 2.57 bits per heavy atom. The van der Waals surface area contributed by atoms with E-state index in [-0.39, 0.29) is 5.41 Å². The summed E-state index contributed by atoms with van der Waals surface area (Å²) >= 11 is 0. The number of rotatable bonds is 6. The van der Waals surface area contributed by atoms with E-state index in [1.807, 2.05) is 33.8 Å². The third-order valence-corrected chi connectivity index (χ3v) is 2.92. The van der Waals surface area contributed by atoms with E-state index in [2.05, 4.69) is 10.6 Å². The normalized spacial score (nSPS) is 11.3. The van der Waals surface area contributed by atoms with E-state index in [1.54, 1.807) is 30.5 Å². The van der Waals surface area contributed by atoms with Crippen molar-refractivity contribution < 1.29 is 14.3 Å². The van der Waals surface area contributed by atoms with Gasteiger partial charge in [0, 0.05) is 6.20 Å². The van der Waals surface area contributed by atoms with Gasteiger partial charge in [0.05, 0.1) is 17.9 Å². The Kier molecular flexibility index (Phi) is 7.32. The van der Waals surface area contributed by atoms with Gasteiger partial charge in [0.2, 0.25) is 0 Å². The molecule has 2 amide bonds. The van der Waals surface area contributed by atoms with Crippen LogP contribution in [0.5, 0.6) is 0 Å². The van der Waals surface area contributed by atoms with Gasteiger partial charge in [-0.25, -0.2) is 9.59 Å². The molecule has 0 atom stereocenters. The van der Waals surface area contributed by atoms with Crippen LogP contribution in [0.1, 0.15) is 50.9 Å². The number of carbonyl (C=O) groups is 2. The van der Waals surface area contributed by atoms with Crippen LogP contribution >= 0.6 is 0 Å². The lowest BCUT2D eigenvalue weighted by Gasteiger charge is -2.12. The van der Waals surface area contributed by atoms with Crippen LogP contribution in [0.25, 0.3) is 0 Å². The molecular formula is C18H26N2O3. The summed E-state index contributed by atoms with van der Waals surface area (Å²) in [7, 11) is 0. The molecule has 0 aromatic heterocycles. The van der Waals surface area contributed by atoms with Crippen molar-refractivity contribution in [2.24, 2.45) is 5.41 Å². The molecule has 0 aliphatic heterocycles. The zero-order valence-electron chi connectivity index (χ0n) is 14.3. The van der Waals surface area contributed by atoms with E-state index in [1.165, 1.54) is 0 Å². The highest BCUT2D eigenvalue weighted by molar-refractivity contribution is 6.00. The molecule has 0 aliphatic carbocycles. The maximum Gasteiger partial charge on any atom is 0.340 e. The number of unbranched alkanes of at least 4 members (excludes halogenated alkanes) is 1. The largest absolute Gasteiger partial charge is 0.462 e. The maximum absolute atomic E-state index is 12.1. The Hall–Kier alpha value is -2.30. The molecule has 1 aromatic carbocycles. The minimum atomic E-state index is -0.431. The zero-order chi connectivity index (χ0) is 17.3. The van der Waals surface area contributed by atoms with E-state index >= 15 is 0 Å². The lowest BCUT2D eigenvalue weighted by atomic mass is 9.97. The molecular weight excluding hydrogens is 292 g/mol. The second-order valence-corrected chi connectivity index (χ2v) is 6.33. The summed E-state index contributed by atoms with van der Waals surface area (Å²) in [6, 6.07) is 6.39. The first-order valence-electron chi connectivity index (χ1n) is 7.85. The summed E-state index contributed by atoms with van der Waals surface area (Å²) in [6.45, 7) is 8.50. The second kappa shape index (κ2) is 8.98. The molecule has 0 bridgehead atoms. The van der Waals surface area contributed by atoms with E-state index in [9.17, 15) is 9.59 Å². The van der Waals surface area contributed by atoms with Crippen molar-refractivity contribution in [2.75, 3.05) is 11.9 Å². The quantitative estimate of drug-likeness (QED) is 0.606. The molecule has 1 aromatic rings. The molecule has 0 unspecified atom stereocenters. The number of hydrogen-bond donors (Lipinski definition) is 2. The van der Waals surface area contributed by atoms with Gasteiger partial charge in [0.1, 0.15) is 0 Å². The number of nitrogens with one attached hydrogen (secondary N) is 2. The van der Waals surface area contributed by atoms with E-state index in [4.69, 9.17) is 4.74 Å². The molecule has 0 spiro atoms. The highest BCUT2D eigenvalue weighted by Gasteiger charge is 2.13. The fourth-order valence-corrected chi connectivity index (χ4v) is 1.68. The van der Waals surface area contributed by atoms with Crippen molar-refractivity contribution >= 4 is 17.7 Å². The molecule has 5 nitrogen and oxygen atoms in total. The van der Waals surface area contributed by atoms with Crippen LogP contribution < -0.4 is 10.6 Å². The van der Waals surface area contributed by atoms with Crippen LogP contribution in [0.2, 0.25) is 0 Å². The Morgan fingerprint density at radius 2 is 1.91 bits per heavy atom. The molecule has 0 heterocycles. The molecule has 0 fully saturated rings. The molecule has 0 saturated heterocycles. The molecule has 2 N–H and O–H groups in total. The molecule has 126 valence electrons. The SMILES string of the molecule is CCCCOC(=O)c1ccccc1NC(=O)N/C=C/C(C)(C)C. The highest BCUT2D eigenvalue weighted by atomic mass is 16.5. The van der Waals surface area contributed by atoms with Gasteiger partial charge in [-0.2, -0.15) is 0 Å². The average molecular weight is 318 g/mol. The topological polar surface area (TPSA) is 67.4 Å². The van der Waals surface area contributed by atoms with Crippen LogP contribution in [0.15, 0.2) is 36.5 Å². The fourth-order valence-electron chi connectivity index (χ4n) is 1.68. The average Bonchev–Trinajstić information content (AvgIpc) is 2.46. The molecule has 5 heteroatoms. The monoisotopic (exact) mass is 318 g/mol. The van der Waals surface area contributed by atoms with Crippen LogP contribution in [0, 0.1) is 5.41 Å². The standard InChI is InChI=1S/C18H26N2O3/c1-5-6-13-23-16(21)14-9-7-8-10-15(14)20-17(22)19-12-11-18(2,3)4/h7-12H,5-6,13H2,1-4H3,(H2,19,20,22)/b12-11+. The van der Waals surface area contributed by atoms with Crippen LogP contribution in [-0.4, -0.2) is 18.6 Å². The van der Waals surface area contributed by atoms with Gasteiger partial charge in [0.25, 0.3) is 0 Å². The Balaban J connectivity index is 2.68. The van der Waals surface area contributed by atoms with Crippen molar-refractivity contribution in [3.05, 3.63) is 42.1 Å². The number of urea groups is 1. The summed E-state index contributed by atoms with van der Waals surface area (Å²) in [6.07, 6.45) is 5.25. The number of ether oxygens (including phenoxy) is 1. The number of carbonyl (C=O) groups excluding carboxylic acids is 2. The third-order valence-electron chi connectivity index (χ3n) is 2.92. The van der Waals surface area contributed by atoms with Crippen molar-refractivity contribution in [2.45, 2.75) is 40.5 Å². The van der Waals surface area contributed by atoms with Gasteiger partial charge in [-0.1, -0.05) is 52.3 Å². The number of allylic oxidation sites excluding steroid dienone is 1. The van der Waals surface area contributed by atoms with Crippen LogP contribution in [0.3, 0.4) is 0 Å². The lowest BCUT2D eigenvalue weighted by Crippen LogP contribution is -2.25. The number of esters is 1. The first-order valence-corrected chi connectivity index (χ1v) is 7.85. The predicted molar refractivity (Wildman–Crippen MR) is 92.4 cm³/mol. The molecule has 1 rings (SSSR count). The third kappa shape index (κ3) is 7.49. The van der Waals surface area contributed by atoms with Crippen LogP contribution in [0.4, 0.5) is 10.5 Å². The fraction of sp³-hybridized carbons (Fsp3) is 0.444. The van der Waals surface area contributed by atoms with Crippen molar-refractivity contribution in [3.63, 3.8) is 0 Å². The van der Waals surface area contributed by atoms with Crippen molar-refractivity contribution in [1.82, 2.24) is 5.32 Å². The summed E-state index contributed by atoms with van der Waals surface area (Å²) in [4.78, 5) is 24.0. The van der Waals surface area contributed by atoms with E-state index < -0.39 is 12.0 Å². The Labute approximate surface area is 138 Å². The summed E-state index contributed by atoms with van der Waals surface area (Å²) in [5.74, 6) is -0.431.